The molecule has 0 aromatic carbocycles. The van der Waals surface area contributed by atoms with Crippen LogP contribution in [0, 0.1) is 11.8 Å². The van der Waals surface area contributed by atoms with Crippen LogP contribution >= 0.6 is 0 Å². The highest BCUT2D eigenvalue weighted by Gasteiger charge is 2.18. The minimum absolute atomic E-state index is 0.158. The van der Waals surface area contributed by atoms with Crippen LogP contribution < -0.4 is 0 Å². The molecule has 0 aliphatic heterocycles. The second-order valence-electron chi connectivity index (χ2n) is 5.29. The Balaban J connectivity index is 2.65. The zero-order valence-corrected chi connectivity index (χ0v) is 12.0. The molecule has 1 aliphatic rings. The van der Waals surface area contributed by atoms with Gasteiger partial charge in [-0.05, 0) is 31.3 Å². The van der Waals surface area contributed by atoms with E-state index in [2.05, 4.69) is 0 Å². The van der Waals surface area contributed by atoms with Crippen LogP contribution in [0.3, 0.4) is 0 Å². The van der Waals surface area contributed by atoms with Crippen LogP contribution in [0.1, 0.15) is 33.1 Å². The highest BCUT2D eigenvalue weighted by Crippen LogP contribution is 2.17. The van der Waals surface area contributed by atoms with Gasteiger partial charge in [0.1, 0.15) is 0 Å². The van der Waals surface area contributed by atoms with Gasteiger partial charge < -0.3 is 9.84 Å². The molecule has 0 radical (unpaired) electrons. The monoisotopic (exact) mass is 278 g/mol. The summed E-state index contributed by atoms with van der Waals surface area (Å²) in [6, 6.07) is 0. The number of allylic oxidation sites excluding steroid dienone is 4. The van der Waals surface area contributed by atoms with Crippen LogP contribution in [-0.4, -0.2) is 23.7 Å². The van der Waals surface area contributed by atoms with Crippen molar-refractivity contribution < 1.29 is 19.4 Å². The average Bonchev–Trinajstić information content (AvgIpc) is 2.41. The van der Waals surface area contributed by atoms with Crippen molar-refractivity contribution in [2.75, 3.05) is 6.61 Å². The molecule has 1 rings (SSSR count). The van der Waals surface area contributed by atoms with E-state index in [0.29, 0.717) is 31.8 Å². The Morgan fingerprint density at radius 1 is 1.40 bits per heavy atom. The Kier molecular flexibility index (Phi) is 6.77. The van der Waals surface area contributed by atoms with Crippen molar-refractivity contribution in [1.82, 2.24) is 0 Å². The maximum atomic E-state index is 11.9. The fraction of sp³-hybridized carbons (Fsp3) is 0.500. The molecular formula is C16H22O4. The molecule has 0 heterocycles. The average molecular weight is 278 g/mol. The molecule has 1 N–H and O–H groups in total. The fourth-order valence-corrected chi connectivity index (χ4v) is 1.82. The highest BCUT2D eigenvalue weighted by molar-refractivity contribution is 5.90. The van der Waals surface area contributed by atoms with Gasteiger partial charge in [0, 0.05) is 0 Å². The summed E-state index contributed by atoms with van der Waals surface area (Å²) >= 11 is 0. The molecule has 1 unspecified atom stereocenters. The standard InChI is InChI=1S/C16H22O4/c1-12(2)11-20-16(19)14-9-5-3-7-13(15(17)18)8-4-6-10-14/h3-5,7-8,12,14H,6,9-11H2,1-2H3,(H,17,18)/b5-3+,8-4+,13-7+. The predicted molar refractivity (Wildman–Crippen MR) is 77.1 cm³/mol. The third-order valence-corrected chi connectivity index (χ3v) is 2.95. The first-order valence-corrected chi connectivity index (χ1v) is 6.94. The second kappa shape index (κ2) is 8.35. The number of carboxylic acid groups (broad SMARTS) is 1. The van der Waals surface area contributed by atoms with E-state index in [1.807, 2.05) is 19.9 Å². The summed E-state index contributed by atoms with van der Waals surface area (Å²) in [5, 5.41) is 8.95. The minimum Gasteiger partial charge on any atom is -0.478 e. The summed E-state index contributed by atoms with van der Waals surface area (Å²) in [5.41, 5.74) is 0.252. The third-order valence-electron chi connectivity index (χ3n) is 2.95. The molecule has 0 saturated carbocycles. The number of ether oxygens (including phenoxy) is 1. The van der Waals surface area contributed by atoms with E-state index in [0.717, 1.165) is 0 Å². The number of carbonyl (C=O) groups excluding carboxylic acids is 1. The smallest absolute Gasteiger partial charge is 0.335 e. The molecule has 1 aliphatic carbocycles. The molecule has 0 amide bonds. The van der Waals surface area contributed by atoms with Crippen molar-refractivity contribution in [3.8, 4) is 0 Å². The molecule has 0 aromatic rings. The Hall–Kier alpha value is -1.84. The topological polar surface area (TPSA) is 63.6 Å². The molecule has 0 bridgehead atoms. The van der Waals surface area contributed by atoms with Crippen molar-refractivity contribution >= 4 is 11.9 Å². The van der Waals surface area contributed by atoms with E-state index >= 15 is 0 Å². The van der Waals surface area contributed by atoms with Crippen LogP contribution in [0.4, 0.5) is 0 Å². The van der Waals surface area contributed by atoms with E-state index in [4.69, 9.17) is 9.84 Å². The number of aliphatic carboxylic acids is 1. The SMILES string of the molecule is CC(C)COC(=O)C1C/C=C/C=C(C(=O)O)\C=C\CC1. The highest BCUT2D eigenvalue weighted by atomic mass is 16.5. The van der Waals surface area contributed by atoms with Gasteiger partial charge in [-0.15, -0.1) is 0 Å². The quantitative estimate of drug-likeness (QED) is 0.802. The number of rotatable bonds is 4. The minimum atomic E-state index is -0.945. The molecule has 0 spiro atoms. The first-order chi connectivity index (χ1) is 9.50. The van der Waals surface area contributed by atoms with Gasteiger partial charge in [0.05, 0.1) is 18.1 Å². The van der Waals surface area contributed by atoms with Gasteiger partial charge in [0.25, 0.3) is 0 Å². The number of hydrogen-bond donors (Lipinski definition) is 1. The molecule has 1 atom stereocenters. The lowest BCUT2D eigenvalue weighted by Crippen LogP contribution is -2.19. The normalized spacial score (nSPS) is 25.4. The van der Waals surface area contributed by atoms with Crippen LogP contribution in [0.25, 0.3) is 0 Å². The molecule has 0 saturated heterocycles. The van der Waals surface area contributed by atoms with Crippen LogP contribution in [-0.2, 0) is 14.3 Å². The van der Waals surface area contributed by atoms with E-state index in [-0.39, 0.29) is 17.5 Å². The lowest BCUT2D eigenvalue weighted by molar-refractivity contribution is -0.149. The van der Waals surface area contributed by atoms with Gasteiger partial charge in [-0.2, -0.15) is 0 Å². The van der Waals surface area contributed by atoms with Gasteiger partial charge in [-0.3, -0.25) is 4.79 Å². The van der Waals surface area contributed by atoms with Crippen LogP contribution in [0.15, 0.2) is 36.0 Å². The summed E-state index contributed by atoms with van der Waals surface area (Å²) in [6.07, 6.45) is 10.3. The number of carbonyl (C=O) groups is 2. The van der Waals surface area contributed by atoms with E-state index in [1.165, 1.54) is 0 Å². The summed E-state index contributed by atoms with van der Waals surface area (Å²) < 4.78 is 5.26. The Bertz CT molecular complexity index is 430. The zero-order valence-electron chi connectivity index (χ0n) is 12.0. The summed E-state index contributed by atoms with van der Waals surface area (Å²) in [5.74, 6) is -0.941. The van der Waals surface area contributed by atoms with Gasteiger partial charge in [0.2, 0.25) is 0 Å². The molecular weight excluding hydrogens is 256 g/mol. The number of hydrogen-bond acceptors (Lipinski definition) is 3. The largest absolute Gasteiger partial charge is 0.478 e. The molecule has 110 valence electrons. The summed E-state index contributed by atoms with van der Waals surface area (Å²) in [7, 11) is 0. The second-order valence-corrected chi connectivity index (χ2v) is 5.29. The lowest BCUT2D eigenvalue weighted by Gasteiger charge is -2.15. The van der Waals surface area contributed by atoms with Crippen LogP contribution in [0.2, 0.25) is 0 Å². The van der Waals surface area contributed by atoms with Gasteiger partial charge in [-0.25, -0.2) is 4.79 Å². The fourth-order valence-electron chi connectivity index (χ4n) is 1.82. The Morgan fingerprint density at radius 3 is 2.80 bits per heavy atom. The Morgan fingerprint density at radius 2 is 2.15 bits per heavy atom. The van der Waals surface area contributed by atoms with Crippen molar-refractivity contribution in [2.45, 2.75) is 33.1 Å². The molecule has 4 nitrogen and oxygen atoms in total. The van der Waals surface area contributed by atoms with Gasteiger partial charge >= 0.3 is 11.9 Å². The maximum absolute atomic E-state index is 11.9. The van der Waals surface area contributed by atoms with Crippen LogP contribution in [0.5, 0.6) is 0 Å². The van der Waals surface area contributed by atoms with Gasteiger partial charge in [-0.1, -0.05) is 38.2 Å². The number of esters is 1. The zero-order chi connectivity index (χ0) is 15.0. The lowest BCUT2D eigenvalue weighted by atomic mass is 9.97. The maximum Gasteiger partial charge on any atom is 0.335 e. The van der Waals surface area contributed by atoms with E-state index in [9.17, 15) is 9.59 Å². The van der Waals surface area contributed by atoms with E-state index in [1.54, 1.807) is 24.3 Å². The van der Waals surface area contributed by atoms with Crippen molar-refractivity contribution in [2.24, 2.45) is 11.8 Å². The van der Waals surface area contributed by atoms with E-state index < -0.39 is 5.97 Å². The van der Waals surface area contributed by atoms with Gasteiger partial charge in [0.15, 0.2) is 0 Å². The summed E-state index contributed by atoms with van der Waals surface area (Å²) in [6.45, 7) is 4.45. The third kappa shape index (κ3) is 5.87. The molecule has 0 fully saturated rings. The van der Waals surface area contributed by atoms with Crippen molar-refractivity contribution in [1.29, 1.82) is 0 Å². The molecule has 4 heteroatoms. The van der Waals surface area contributed by atoms with Crippen molar-refractivity contribution in [3.63, 3.8) is 0 Å². The molecule has 0 aromatic heterocycles. The molecule has 20 heavy (non-hydrogen) atoms. The first-order valence-electron chi connectivity index (χ1n) is 6.94. The Labute approximate surface area is 119 Å². The summed E-state index contributed by atoms with van der Waals surface area (Å²) in [4.78, 5) is 22.9. The predicted octanol–water partition coefficient (Wildman–Crippen LogP) is 3.11. The number of carboxylic acids is 1. The van der Waals surface area contributed by atoms with Crippen molar-refractivity contribution in [3.05, 3.63) is 36.0 Å². The first kappa shape index (κ1) is 16.2.